The molecule has 3 rings (SSSR count). The molecule has 1 aromatic carbocycles. The fraction of sp³-hybridized carbons (Fsp3) is 0.588. The molecule has 1 atom stereocenters. The minimum atomic E-state index is -0.545. The topological polar surface area (TPSA) is 41.6 Å². The van der Waals surface area contributed by atoms with Crippen LogP contribution in [0.4, 0.5) is 0 Å². The Morgan fingerprint density at radius 3 is 2.68 bits per heavy atom. The van der Waals surface area contributed by atoms with E-state index in [0.29, 0.717) is 10.8 Å². The van der Waals surface area contributed by atoms with Gasteiger partial charge in [-0.25, -0.2) is 0 Å². The molecule has 0 spiro atoms. The summed E-state index contributed by atoms with van der Waals surface area (Å²) in [5.41, 5.74) is -0.0282. The number of hydrogen-bond donors (Lipinski definition) is 1. The first kappa shape index (κ1) is 15.6. The molecule has 2 fully saturated rings. The number of ether oxygens (including phenoxy) is 1. The van der Waals surface area contributed by atoms with E-state index in [1.807, 2.05) is 12.1 Å². The maximum Gasteiger partial charge on any atom is 0.261 e. The van der Waals surface area contributed by atoms with Gasteiger partial charge < -0.3 is 15.0 Å². The number of nitrogens with one attached hydrogen (secondary N) is 1. The van der Waals surface area contributed by atoms with Gasteiger partial charge in [0.1, 0.15) is 5.75 Å². The molecule has 0 bridgehead atoms. The summed E-state index contributed by atoms with van der Waals surface area (Å²) >= 11 is 6.07. The van der Waals surface area contributed by atoms with Gasteiger partial charge in [-0.1, -0.05) is 23.7 Å². The third-order valence-corrected chi connectivity index (χ3v) is 4.79. The average molecular weight is 323 g/mol. The molecule has 1 saturated carbocycles. The van der Waals surface area contributed by atoms with E-state index in [1.54, 1.807) is 19.1 Å². The van der Waals surface area contributed by atoms with Crippen LogP contribution >= 0.6 is 11.6 Å². The van der Waals surface area contributed by atoms with Crippen molar-refractivity contribution >= 4 is 17.5 Å². The molecule has 1 aliphatic carbocycles. The lowest BCUT2D eigenvalue weighted by molar-refractivity contribution is -0.128. The van der Waals surface area contributed by atoms with Crippen molar-refractivity contribution in [3.05, 3.63) is 29.3 Å². The standard InChI is InChI=1S/C17H23ClN2O2/c1-13(22-15-7-3-2-6-14(15)18)16(21)19-17(8-9-17)12-20-10-4-5-11-20/h2-3,6-7,13H,4-5,8-12H2,1H3,(H,19,21). The third-order valence-electron chi connectivity index (χ3n) is 4.48. The van der Waals surface area contributed by atoms with Crippen molar-refractivity contribution in [2.75, 3.05) is 19.6 Å². The number of nitrogens with zero attached hydrogens (tertiary/aromatic N) is 1. The Kier molecular flexibility index (Phi) is 4.59. The van der Waals surface area contributed by atoms with E-state index in [9.17, 15) is 4.79 Å². The largest absolute Gasteiger partial charge is 0.479 e. The normalized spacial score (nSPS) is 21.4. The van der Waals surface area contributed by atoms with Gasteiger partial charge in [-0.15, -0.1) is 0 Å². The summed E-state index contributed by atoms with van der Waals surface area (Å²) in [6.45, 7) is 5.05. The van der Waals surface area contributed by atoms with Gasteiger partial charge in [0.25, 0.3) is 5.91 Å². The molecule has 4 nitrogen and oxygen atoms in total. The van der Waals surface area contributed by atoms with Gasteiger partial charge in [-0.2, -0.15) is 0 Å². The lowest BCUT2D eigenvalue weighted by Gasteiger charge is -2.25. The Morgan fingerprint density at radius 2 is 2.05 bits per heavy atom. The van der Waals surface area contributed by atoms with Crippen molar-refractivity contribution in [3.8, 4) is 5.75 Å². The Balaban J connectivity index is 1.54. The Hall–Kier alpha value is -1.26. The maximum atomic E-state index is 12.4. The first-order valence-electron chi connectivity index (χ1n) is 8.04. The Morgan fingerprint density at radius 1 is 1.36 bits per heavy atom. The molecule has 1 aliphatic heterocycles. The highest BCUT2D eigenvalue weighted by Crippen LogP contribution is 2.37. The van der Waals surface area contributed by atoms with Crippen molar-refractivity contribution in [2.45, 2.75) is 44.2 Å². The molecule has 1 saturated heterocycles. The fourth-order valence-corrected chi connectivity index (χ4v) is 3.17. The molecule has 1 amide bonds. The summed E-state index contributed by atoms with van der Waals surface area (Å²) in [4.78, 5) is 14.8. The van der Waals surface area contributed by atoms with E-state index < -0.39 is 6.10 Å². The number of halogens is 1. The second-order valence-corrected chi connectivity index (χ2v) is 6.85. The molecule has 22 heavy (non-hydrogen) atoms. The van der Waals surface area contributed by atoms with Gasteiger partial charge in [0, 0.05) is 6.54 Å². The maximum absolute atomic E-state index is 12.4. The first-order chi connectivity index (χ1) is 10.6. The highest BCUT2D eigenvalue weighted by Gasteiger charge is 2.46. The number of carbonyl (C=O) groups excluding carboxylic acids is 1. The van der Waals surface area contributed by atoms with Crippen LogP contribution in [0.3, 0.4) is 0 Å². The number of amides is 1. The smallest absolute Gasteiger partial charge is 0.261 e. The monoisotopic (exact) mass is 322 g/mol. The minimum Gasteiger partial charge on any atom is -0.479 e. The molecular weight excluding hydrogens is 300 g/mol. The van der Waals surface area contributed by atoms with Gasteiger partial charge in [0.05, 0.1) is 10.6 Å². The summed E-state index contributed by atoms with van der Waals surface area (Å²) in [5, 5.41) is 3.71. The van der Waals surface area contributed by atoms with Crippen LogP contribution in [-0.2, 0) is 4.79 Å². The zero-order valence-corrected chi connectivity index (χ0v) is 13.7. The molecule has 1 N–H and O–H groups in total. The van der Waals surface area contributed by atoms with Gasteiger partial charge in [0.2, 0.25) is 0 Å². The van der Waals surface area contributed by atoms with Crippen molar-refractivity contribution < 1.29 is 9.53 Å². The predicted octanol–water partition coefficient (Wildman–Crippen LogP) is 2.85. The first-order valence-corrected chi connectivity index (χ1v) is 8.41. The molecule has 1 aromatic rings. The molecule has 2 aliphatic rings. The van der Waals surface area contributed by atoms with E-state index in [4.69, 9.17) is 16.3 Å². The van der Waals surface area contributed by atoms with Crippen molar-refractivity contribution in [1.29, 1.82) is 0 Å². The molecule has 0 aromatic heterocycles. The number of rotatable bonds is 6. The van der Waals surface area contributed by atoms with Crippen LogP contribution in [0.25, 0.3) is 0 Å². The van der Waals surface area contributed by atoms with Crippen molar-refractivity contribution in [3.63, 3.8) is 0 Å². The Bertz CT molecular complexity index is 539. The van der Waals surface area contributed by atoms with Crippen LogP contribution in [0.15, 0.2) is 24.3 Å². The molecule has 1 unspecified atom stereocenters. The second kappa shape index (κ2) is 6.47. The predicted molar refractivity (Wildman–Crippen MR) is 87.3 cm³/mol. The molecule has 1 heterocycles. The Labute approximate surface area is 136 Å². The number of carbonyl (C=O) groups is 1. The van der Waals surface area contributed by atoms with Gasteiger partial charge >= 0.3 is 0 Å². The number of likely N-dealkylation sites (tertiary alicyclic amines) is 1. The highest BCUT2D eigenvalue weighted by molar-refractivity contribution is 6.32. The summed E-state index contributed by atoms with van der Waals surface area (Å²) < 4.78 is 5.69. The fourth-order valence-electron chi connectivity index (χ4n) is 2.99. The zero-order valence-electron chi connectivity index (χ0n) is 13.0. The van der Waals surface area contributed by atoms with E-state index >= 15 is 0 Å². The zero-order chi connectivity index (χ0) is 15.6. The van der Waals surface area contributed by atoms with Crippen molar-refractivity contribution in [2.24, 2.45) is 0 Å². The second-order valence-electron chi connectivity index (χ2n) is 6.44. The van der Waals surface area contributed by atoms with Crippen LogP contribution in [0.1, 0.15) is 32.6 Å². The molecule has 120 valence electrons. The van der Waals surface area contributed by atoms with Gasteiger partial charge in [-0.3, -0.25) is 4.79 Å². The van der Waals surface area contributed by atoms with E-state index in [-0.39, 0.29) is 11.4 Å². The van der Waals surface area contributed by atoms with E-state index in [2.05, 4.69) is 10.2 Å². The SMILES string of the molecule is CC(Oc1ccccc1Cl)C(=O)NC1(CN2CCCC2)CC1. The summed E-state index contributed by atoms with van der Waals surface area (Å²) in [6, 6.07) is 7.23. The quantitative estimate of drug-likeness (QED) is 0.875. The lowest BCUT2D eigenvalue weighted by atomic mass is 10.2. The average Bonchev–Trinajstić information content (AvgIpc) is 3.04. The van der Waals surface area contributed by atoms with Crippen LogP contribution in [0.2, 0.25) is 5.02 Å². The molecule has 5 heteroatoms. The summed E-state index contributed by atoms with van der Waals surface area (Å²) in [6.07, 6.45) is 4.13. The van der Waals surface area contributed by atoms with Crippen LogP contribution in [0.5, 0.6) is 5.75 Å². The minimum absolute atomic E-state index is 0.0282. The van der Waals surface area contributed by atoms with Crippen LogP contribution < -0.4 is 10.1 Å². The lowest BCUT2D eigenvalue weighted by Crippen LogP contribution is -2.49. The van der Waals surface area contributed by atoms with E-state index in [0.717, 1.165) is 32.5 Å². The number of para-hydroxylation sites is 1. The third kappa shape index (κ3) is 3.73. The van der Waals surface area contributed by atoms with E-state index in [1.165, 1.54) is 12.8 Å². The summed E-state index contributed by atoms with van der Waals surface area (Å²) in [5.74, 6) is 0.493. The summed E-state index contributed by atoms with van der Waals surface area (Å²) in [7, 11) is 0. The highest BCUT2D eigenvalue weighted by atomic mass is 35.5. The number of hydrogen-bond acceptors (Lipinski definition) is 3. The molecule has 0 radical (unpaired) electrons. The van der Waals surface area contributed by atoms with Crippen molar-refractivity contribution in [1.82, 2.24) is 10.2 Å². The van der Waals surface area contributed by atoms with Crippen LogP contribution in [0, 0.1) is 0 Å². The van der Waals surface area contributed by atoms with Gasteiger partial charge in [0.15, 0.2) is 6.10 Å². The number of benzene rings is 1. The van der Waals surface area contributed by atoms with Gasteiger partial charge in [-0.05, 0) is 57.8 Å². The van der Waals surface area contributed by atoms with Crippen LogP contribution in [-0.4, -0.2) is 42.1 Å². The molecular formula is C17H23ClN2O2.